The van der Waals surface area contributed by atoms with Crippen molar-refractivity contribution in [2.75, 3.05) is 18.1 Å². The van der Waals surface area contributed by atoms with Crippen LogP contribution in [0.1, 0.15) is 13.8 Å². The normalized spacial score (nSPS) is 9.79. The zero-order chi connectivity index (χ0) is 17.5. The molecule has 0 fully saturated rings. The van der Waals surface area contributed by atoms with E-state index in [0.29, 0.717) is 11.5 Å². The summed E-state index contributed by atoms with van der Waals surface area (Å²) in [4.78, 5) is 24.1. The second-order valence-electron chi connectivity index (χ2n) is 4.60. The first-order valence-electron chi connectivity index (χ1n) is 7.65. The van der Waals surface area contributed by atoms with Crippen LogP contribution < -0.4 is 16.4 Å². The van der Waals surface area contributed by atoms with Crippen LogP contribution in [0.2, 0.25) is 0 Å². The molecule has 4 N–H and O–H groups in total. The van der Waals surface area contributed by atoms with Gasteiger partial charge in [-0.05, 0) is 11.6 Å². The number of fused-ring (bicyclic) bond motifs is 1. The van der Waals surface area contributed by atoms with Gasteiger partial charge in [-0.1, -0.05) is 44.2 Å². The lowest BCUT2D eigenvalue weighted by atomic mass is 10.1. The molecule has 3 aromatic rings. The van der Waals surface area contributed by atoms with Crippen molar-refractivity contribution in [1.82, 2.24) is 20.3 Å². The lowest BCUT2D eigenvalue weighted by Gasteiger charge is -2.11. The van der Waals surface area contributed by atoms with Gasteiger partial charge in [0.1, 0.15) is 5.82 Å². The van der Waals surface area contributed by atoms with Crippen molar-refractivity contribution in [3.8, 4) is 11.1 Å². The zero-order valence-corrected chi connectivity index (χ0v) is 13.9. The van der Waals surface area contributed by atoms with Crippen LogP contribution in [0.4, 0.5) is 16.6 Å². The highest BCUT2D eigenvalue weighted by Gasteiger charge is 2.12. The van der Waals surface area contributed by atoms with Gasteiger partial charge in [0.2, 0.25) is 5.95 Å². The van der Waals surface area contributed by atoms with E-state index in [1.165, 1.54) is 0 Å². The average Bonchev–Trinajstić information content (AvgIpc) is 2.63. The summed E-state index contributed by atoms with van der Waals surface area (Å²) in [5.74, 6) is 0.550. The Labute approximate surface area is 140 Å². The molecular weight excluding hydrogens is 304 g/mol. The maximum absolute atomic E-state index is 11.6. The zero-order valence-electron chi connectivity index (χ0n) is 13.9. The molecule has 2 heterocycles. The van der Waals surface area contributed by atoms with Crippen molar-refractivity contribution < 1.29 is 4.79 Å². The molecular formula is C17H20N6O. The predicted octanol–water partition coefficient (Wildman–Crippen LogP) is 3.05. The summed E-state index contributed by atoms with van der Waals surface area (Å²) in [6.07, 6.45) is 1.61. The van der Waals surface area contributed by atoms with E-state index in [9.17, 15) is 4.79 Å². The number of carbonyl (C=O) groups excluding carboxylic acids is 1. The molecule has 0 aliphatic rings. The van der Waals surface area contributed by atoms with Crippen molar-refractivity contribution in [3.05, 3.63) is 42.6 Å². The smallest absolute Gasteiger partial charge is 0.320 e. The van der Waals surface area contributed by atoms with Crippen LogP contribution in [0.3, 0.4) is 0 Å². The van der Waals surface area contributed by atoms with Crippen LogP contribution in [-0.4, -0.2) is 28.0 Å². The first-order chi connectivity index (χ1) is 11.7. The Hall–Kier alpha value is -3.22. The lowest BCUT2D eigenvalue weighted by molar-refractivity contribution is 0.254. The molecule has 0 unspecified atom stereocenters. The Kier molecular flexibility index (Phi) is 5.62. The molecule has 2 aromatic heterocycles. The summed E-state index contributed by atoms with van der Waals surface area (Å²) >= 11 is 0. The molecule has 0 spiro atoms. The van der Waals surface area contributed by atoms with Crippen LogP contribution in [0.15, 0.2) is 42.6 Å². The number of hydrogen-bond donors (Lipinski definition) is 3. The number of nitrogens with two attached hydrogens (primary N) is 1. The molecule has 7 heteroatoms. The van der Waals surface area contributed by atoms with Gasteiger partial charge in [0.25, 0.3) is 0 Å². The van der Waals surface area contributed by atoms with Crippen molar-refractivity contribution in [1.29, 1.82) is 0 Å². The molecule has 24 heavy (non-hydrogen) atoms. The molecule has 3 rings (SSSR count). The molecule has 7 nitrogen and oxygen atoms in total. The summed E-state index contributed by atoms with van der Waals surface area (Å²) in [6, 6.07) is 11.2. The van der Waals surface area contributed by atoms with Gasteiger partial charge in [-0.15, -0.1) is 0 Å². The fraction of sp³-hybridized carbons (Fsp3) is 0.176. The van der Waals surface area contributed by atoms with Gasteiger partial charge >= 0.3 is 6.03 Å². The van der Waals surface area contributed by atoms with E-state index in [-0.39, 0.29) is 12.0 Å². The Morgan fingerprint density at radius 3 is 2.50 bits per heavy atom. The summed E-state index contributed by atoms with van der Waals surface area (Å²) in [5, 5.41) is 5.96. The number of anilines is 2. The Morgan fingerprint density at radius 1 is 1.12 bits per heavy atom. The number of carbonyl (C=O) groups is 1. The summed E-state index contributed by atoms with van der Waals surface area (Å²) < 4.78 is 0. The summed E-state index contributed by atoms with van der Waals surface area (Å²) in [6.45, 7) is 4.00. The van der Waals surface area contributed by atoms with Gasteiger partial charge in [0.15, 0.2) is 5.65 Å². The van der Waals surface area contributed by atoms with E-state index in [1.807, 2.05) is 50.2 Å². The first kappa shape index (κ1) is 17.1. The second kappa shape index (κ2) is 7.87. The number of rotatable bonds is 2. The van der Waals surface area contributed by atoms with E-state index >= 15 is 0 Å². The van der Waals surface area contributed by atoms with Crippen LogP contribution in [0.5, 0.6) is 0 Å². The van der Waals surface area contributed by atoms with Gasteiger partial charge in [0, 0.05) is 24.2 Å². The molecule has 0 radical (unpaired) electrons. The molecule has 2 amide bonds. The van der Waals surface area contributed by atoms with E-state index in [0.717, 1.165) is 16.5 Å². The SMILES string of the molecule is CC.CNC(=O)Nc1nc2nc(N)ncc2cc1-c1ccccc1. The molecule has 1 aromatic carbocycles. The molecule has 0 saturated heterocycles. The number of aromatic nitrogens is 3. The maximum atomic E-state index is 11.6. The fourth-order valence-electron chi connectivity index (χ4n) is 2.08. The monoisotopic (exact) mass is 324 g/mol. The van der Waals surface area contributed by atoms with Gasteiger partial charge in [-0.25, -0.2) is 14.8 Å². The number of nitrogens with zero attached hydrogens (tertiary/aromatic N) is 3. The highest BCUT2D eigenvalue weighted by molar-refractivity contribution is 5.96. The van der Waals surface area contributed by atoms with Gasteiger partial charge in [-0.3, -0.25) is 5.32 Å². The van der Waals surface area contributed by atoms with Crippen LogP contribution in [0.25, 0.3) is 22.2 Å². The first-order valence-corrected chi connectivity index (χ1v) is 7.65. The average molecular weight is 324 g/mol. The highest BCUT2D eigenvalue weighted by Crippen LogP contribution is 2.29. The third kappa shape index (κ3) is 3.75. The number of urea groups is 1. The minimum Gasteiger partial charge on any atom is -0.368 e. The molecule has 0 atom stereocenters. The summed E-state index contributed by atoms with van der Waals surface area (Å²) in [7, 11) is 1.54. The van der Waals surface area contributed by atoms with Gasteiger partial charge < -0.3 is 11.1 Å². The van der Waals surface area contributed by atoms with E-state index < -0.39 is 0 Å². The third-order valence-electron chi connectivity index (χ3n) is 3.13. The number of amides is 2. The molecule has 0 saturated carbocycles. The van der Waals surface area contributed by atoms with Gasteiger partial charge in [-0.2, -0.15) is 4.98 Å². The second-order valence-corrected chi connectivity index (χ2v) is 4.60. The standard InChI is InChI=1S/C15H14N6O.C2H6/c1-17-15(22)21-13-11(9-5-3-2-4-6-9)7-10-8-18-14(16)20-12(10)19-13;1-2/h2-8H,1H3,(H4,16,17,18,19,20,21,22);1-2H3. The van der Waals surface area contributed by atoms with Crippen LogP contribution in [-0.2, 0) is 0 Å². The summed E-state index contributed by atoms with van der Waals surface area (Å²) in [5.41, 5.74) is 7.73. The van der Waals surface area contributed by atoms with E-state index in [4.69, 9.17) is 5.73 Å². The quantitative estimate of drug-likeness (QED) is 0.672. The molecule has 0 bridgehead atoms. The minimum atomic E-state index is -0.356. The van der Waals surface area contributed by atoms with E-state index in [1.54, 1.807) is 13.2 Å². The predicted molar refractivity (Wildman–Crippen MR) is 96.6 cm³/mol. The van der Waals surface area contributed by atoms with Crippen LogP contribution >= 0.6 is 0 Å². The van der Waals surface area contributed by atoms with Crippen molar-refractivity contribution in [2.24, 2.45) is 0 Å². The van der Waals surface area contributed by atoms with Crippen molar-refractivity contribution in [2.45, 2.75) is 13.8 Å². The highest BCUT2D eigenvalue weighted by atomic mass is 16.2. The Balaban J connectivity index is 0.00000100. The number of hydrogen-bond acceptors (Lipinski definition) is 5. The molecule has 0 aliphatic heterocycles. The topological polar surface area (TPSA) is 106 Å². The van der Waals surface area contributed by atoms with Crippen molar-refractivity contribution >= 4 is 28.8 Å². The minimum absolute atomic E-state index is 0.137. The number of pyridine rings is 1. The van der Waals surface area contributed by atoms with Crippen LogP contribution in [0, 0.1) is 0 Å². The van der Waals surface area contributed by atoms with E-state index in [2.05, 4.69) is 25.6 Å². The fourth-order valence-corrected chi connectivity index (χ4v) is 2.08. The Bertz CT molecular complexity index is 835. The number of nitrogens with one attached hydrogen (secondary N) is 2. The van der Waals surface area contributed by atoms with Gasteiger partial charge in [0.05, 0.1) is 0 Å². The molecule has 0 aliphatic carbocycles. The molecule has 124 valence electrons. The van der Waals surface area contributed by atoms with Crippen molar-refractivity contribution in [3.63, 3.8) is 0 Å². The third-order valence-corrected chi connectivity index (χ3v) is 3.13. The largest absolute Gasteiger partial charge is 0.368 e. The number of benzene rings is 1. The lowest BCUT2D eigenvalue weighted by Crippen LogP contribution is -2.25. The number of nitrogen functional groups attached to an aromatic ring is 1. The Morgan fingerprint density at radius 2 is 1.83 bits per heavy atom. The maximum Gasteiger partial charge on any atom is 0.320 e.